The third-order valence-corrected chi connectivity index (χ3v) is 8.91. The van der Waals surface area contributed by atoms with E-state index in [0.717, 1.165) is 85.5 Å². The molecule has 0 saturated heterocycles. The van der Waals surface area contributed by atoms with Crippen molar-refractivity contribution in [3.63, 3.8) is 0 Å². The zero-order valence-corrected chi connectivity index (χ0v) is 21.5. The summed E-state index contributed by atoms with van der Waals surface area (Å²) in [5.74, 6) is 1.34. The quantitative estimate of drug-likeness (QED) is 0.323. The topological polar surface area (TPSA) is 50.5 Å². The number of carbonyl (C=O) groups excluding carboxylic acids is 1. The molecule has 0 spiro atoms. The van der Waals surface area contributed by atoms with Gasteiger partial charge in [0.2, 0.25) is 0 Å². The van der Waals surface area contributed by atoms with Gasteiger partial charge in [-0.2, -0.15) is 18.3 Å². The lowest BCUT2D eigenvalue weighted by Crippen LogP contribution is -2.32. The summed E-state index contributed by atoms with van der Waals surface area (Å²) in [5.41, 5.74) is 3.56. The molecule has 1 fully saturated rings. The zero-order valence-electron chi connectivity index (χ0n) is 20.7. The molecular formula is C27H33F3N4OS. The molecule has 3 aromatic heterocycles. The van der Waals surface area contributed by atoms with Crippen LogP contribution in [-0.2, 0) is 19.4 Å². The molecule has 0 unspecified atom stereocenters. The highest BCUT2D eigenvalue weighted by Crippen LogP contribution is 2.35. The molecule has 0 radical (unpaired) electrons. The lowest BCUT2D eigenvalue weighted by Gasteiger charge is -2.31. The minimum absolute atomic E-state index is 0.00975. The Kier molecular flexibility index (Phi) is 7.49. The molecule has 36 heavy (non-hydrogen) atoms. The van der Waals surface area contributed by atoms with Crippen LogP contribution in [0.4, 0.5) is 13.2 Å². The fourth-order valence-electron chi connectivity index (χ4n) is 5.69. The molecule has 2 aliphatic rings. The Bertz CT molecular complexity index is 1210. The normalized spacial score (nSPS) is 21.1. The molecule has 1 aliphatic carbocycles. The summed E-state index contributed by atoms with van der Waals surface area (Å²) in [7, 11) is 0. The number of aromatic nitrogens is 3. The molecule has 5 nitrogen and oxygen atoms in total. The minimum atomic E-state index is -4.13. The summed E-state index contributed by atoms with van der Waals surface area (Å²) in [6, 6.07) is 5.78. The monoisotopic (exact) mass is 518 g/mol. The largest absolute Gasteiger partial charge is 0.389 e. The second kappa shape index (κ2) is 10.6. The number of halogens is 3. The fraction of sp³-hybridized carbons (Fsp3) is 0.593. The van der Waals surface area contributed by atoms with Gasteiger partial charge in [-0.25, -0.2) is 9.50 Å². The second-order valence-corrected chi connectivity index (χ2v) is 11.6. The molecule has 3 aromatic rings. The highest BCUT2D eigenvalue weighted by Gasteiger charge is 2.29. The summed E-state index contributed by atoms with van der Waals surface area (Å²) >= 11 is 1.46. The van der Waals surface area contributed by atoms with E-state index in [1.54, 1.807) is 4.52 Å². The van der Waals surface area contributed by atoms with E-state index in [-0.39, 0.29) is 12.2 Å². The number of ketones is 1. The van der Waals surface area contributed by atoms with Gasteiger partial charge in [0.1, 0.15) is 0 Å². The predicted octanol–water partition coefficient (Wildman–Crippen LogP) is 6.42. The molecular weight excluding hydrogens is 485 g/mol. The number of fused-ring (bicyclic) bond motifs is 2. The Morgan fingerprint density at radius 1 is 1.19 bits per heavy atom. The van der Waals surface area contributed by atoms with E-state index in [4.69, 9.17) is 0 Å². The van der Waals surface area contributed by atoms with Crippen LogP contribution in [0, 0.1) is 18.8 Å². The van der Waals surface area contributed by atoms with Crippen molar-refractivity contribution in [1.29, 1.82) is 0 Å². The number of hydrogen-bond acceptors (Lipinski definition) is 5. The summed E-state index contributed by atoms with van der Waals surface area (Å²) in [5, 5.41) is 5.04. The molecule has 1 aliphatic heterocycles. The number of rotatable bonds is 8. The maximum atomic E-state index is 13.0. The first-order chi connectivity index (χ1) is 17.2. The number of pyridine rings is 1. The molecule has 9 heteroatoms. The van der Waals surface area contributed by atoms with E-state index < -0.39 is 12.6 Å². The van der Waals surface area contributed by atoms with Crippen LogP contribution in [0.5, 0.6) is 0 Å². The van der Waals surface area contributed by atoms with Gasteiger partial charge in [-0.15, -0.1) is 11.3 Å². The van der Waals surface area contributed by atoms with Gasteiger partial charge in [0.15, 0.2) is 5.78 Å². The van der Waals surface area contributed by atoms with Crippen LogP contribution in [-0.4, -0.2) is 44.5 Å². The molecule has 0 aromatic carbocycles. The maximum absolute atomic E-state index is 13.0. The SMILES string of the molecule is Cc1cc2c(C(=O)CC3CCC(CCN4CCc5sc(CCC(F)(F)F)nc5C4)CC3)cccn2n1. The first-order valence-electron chi connectivity index (χ1n) is 13.0. The van der Waals surface area contributed by atoms with Gasteiger partial charge in [-0.3, -0.25) is 9.69 Å². The van der Waals surface area contributed by atoms with Crippen LogP contribution in [0.15, 0.2) is 24.4 Å². The van der Waals surface area contributed by atoms with Crippen LogP contribution < -0.4 is 0 Å². The van der Waals surface area contributed by atoms with Gasteiger partial charge in [0, 0.05) is 49.0 Å². The molecule has 194 valence electrons. The molecule has 0 amide bonds. The van der Waals surface area contributed by atoms with Crippen molar-refractivity contribution in [2.24, 2.45) is 11.8 Å². The molecule has 4 heterocycles. The molecule has 0 N–H and O–H groups in total. The Hall–Kier alpha value is -2.26. The summed E-state index contributed by atoms with van der Waals surface area (Å²) < 4.78 is 39.4. The maximum Gasteiger partial charge on any atom is 0.389 e. The van der Waals surface area contributed by atoms with Crippen molar-refractivity contribution in [1.82, 2.24) is 19.5 Å². The third-order valence-electron chi connectivity index (χ3n) is 7.69. The van der Waals surface area contributed by atoms with Gasteiger partial charge in [0.05, 0.1) is 21.9 Å². The zero-order chi connectivity index (χ0) is 25.3. The van der Waals surface area contributed by atoms with Crippen LogP contribution >= 0.6 is 11.3 Å². The Balaban J connectivity index is 1.06. The average molecular weight is 519 g/mol. The highest BCUT2D eigenvalue weighted by molar-refractivity contribution is 7.11. The lowest BCUT2D eigenvalue weighted by molar-refractivity contribution is -0.134. The molecule has 5 rings (SSSR count). The van der Waals surface area contributed by atoms with Gasteiger partial charge < -0.3 is 0 Å². The predicted molar refractivity (Wildman–Crippen MR) is 134 cm³/mol. The first kappa shape index (κ1) is 25.4. The van der Waals surface area contributed by atoms with Gasteiger partial charge in [-0.1, -0.05) is 12.8 Å². The Labute approximate surface area is 213 Å². The number of thiazole rings is 1. The fourth-order valence-corrected chi connectivity index (χ4v) is 6.75. The Morgan fingerprint density at radius 2 is 1.97 bits per heavy atom. The number of nitrogens with zero attached hydrogens (tertiary/aromatic N) is 4. The average Bonchev–Trinajstić information content (AvgIpc) is 3.43. The number of carbonyl (C=O) groups is 1. The van der Waals surface area contributed by atoms with Crippen molar-refractivity contribution < 1.29 is 18.0 Å². The first-order valence-corrected chi connectivity index (χ1v) is 13.8. The number of aryl methyl sites for hydroxylation is 2. The van der Waals surface area contributed by atoms with Crippen molar-refractivity contribution >= 4 is 22.6 Å². The summed E-state index contributed by atoms with van der Waals surface area (Å²) in [4.78, 5) is 21.1. The lowest BCUT2D eigenvalue weighted by atomic mass is 9.78. The van der Waals surface area contributed by atoms with Crippen LogP contribution in [0.3, 0.4) is 0 Å². The van der Waals surface area contributed by atoms with E-state index in [9.17, 15) is 18.0 Å². The van der Waals surface area contributed by atoms with Gasteiger partial charge in [-0.05, 0) is 69.2 Å². The van der Waals surface area contributed by atoms with Crippen molar-refractivity contribution in [2.45, 2.75) is 77.4 Å². The second-order valence-electron chi connectivity index (χ2n) is 10.5. The summed E-state index contributed by atoms with van der Waals surface area (Å²) in [6.07, 6.45) is 4.08. The molecule has 1 saturated carbocycles. The standard InChI is InChI=1S/C27H33F3N4OS/c1-18-15-23-21(3-2-12-34(23)32-18)24(35)16-20-6-4-19(5-7-20)9-13-33-14-10-25-22(17-33)31-26(36-25)8-11-27(28,29)30/h2-3,12,15,19-20H,4-11,13-14,16-17H2,1H3. The van der Waals surface area contributed by atoms with Crippen molar-refractivity contribution in [3.8, 4) is 0 Å². The number of hydrogen-bond donors (Lipinski definition) is 0. The van der Waals surface area contributed by atoms with E-state index >= 15 is 0 Å². The van der Waals surface area contributed by atoms with Crippen LogP contribution in [0.2, 0.25) is 0 Å². The van der Waals surface area contributed by atoms with Crippen molar-refractivity contribution in [3.05, 3.63) is 51.2 Å². The third kappa shape index (κ3) is 6.17. The number of Topliss-reactive ketones (excluding diaryl/α,β-unsaturated/α-hetero) is 1. The molecule has 0 bridgehead atoms. The summed E-state index contributed by atoms with van der Waals surface area (Å²) in [6.45, 7) is 4.66. The van der Waals surface area contributed by atoms with Gasteiger partial charge >= 0.3 is 6.18 Å². The Morgan fingerprint density at radius 3 is 2.75 bits per heavy atom. The van der Waals surface area contributed by atoms with Crippen LogP contribution in [0.25, 0.3) is 5.52 Å². The van der Waals surface area contributed by atoms with E-state index in [0.29, 0.717) is 23.3 Å². The van der Waals surface area contributed by atoms with Gasteiger partial charge in [0.25, 0.3) is 0 Å². The van der Waals surface area contributed by atoms with Crippen molar-refractivity contribution in [2.75, 3.05) is 13.1 Å². The minimum Gasteiger partial charge on any atom is -0.297 e. The number of alkyl halides is 3. The molecule has 0 atom stereocenters. The van der Waals surface area contributed by atoms with Crippen LogP contribution in [0.1, 0.15) is 76.6 Å². The van der Waals surface area contributed by atoms with E-state index in [1.165, 1.54) is 11.3 Å². The van der Waals surface area contributed by atoms with E-state index in [1.807, 2.05) is 31.3 Å². The highest BCUT2D eigenvalue weighted by atomic mass is 32.1. The smallest absolute Gasteiger partial charge is 0.297 e. The van der Waals surface area contributed by atoms with E-state index in [2.05, 4.69) is 15.0 Å².